The molecule has 0 aliphatic rings. The first-order valence-electron chi connectivity index (χ1n) is 11.4. The molecule has 3 heterocycles. The average molecular weight is 589 g/mol. The highest BCUT2D eigenvalue weighted by Crippen LogP contribution is 2.24. The zero-order chi connectivity index (χ0) is 26.6. The largest absolute Gasteiger partial charge is 0.320 e. The van der Waals surface area contributed by atoms with Crippen LogP contribution < -0.4 is 10.7 Å². The molecule has 188 valence electrons. The molecule has 3 aromatic heterocycles. The van der Waals surface area contributed by atoms with Crippen molar-refractivity contribution in [1.82, 2.24) is 25.2 Å². The number of hydrogen-bond donors (Lipinski definition) is 2. The molecule has 0 aliphatic heterocycles. The van der Waals surface area contributed by atoms with E-state index in [1.165, 1.54) is 17.0 Å². The summed E-state index contributed by atoms with van der Waals surface area (Å²) in [4.78, 5) is 35.1. The lowest BCUT2D eigenvalue weighted by atomic mass is 10.1. The van der Waals surface area contributed by atoms with Gasteiger partial charge in [-0.05, 0) is 58.7 Å². The number of amides is 2. The number of halogens is 2. The molecule has 11 heteroatoms. The summed E-state index contributed by atoms with van der Waals surface area (Å²) in [6, 6.07) is 21.5. The van der Waals surface area contributed by atoms with Crippen LogP contribution in [0.3, 0.4) is 0 Å². The highest BCUT2D eigenvalue weighted by atomic mass is 79.9. The van der Waals surface area contributed by atoms with Gasteiger partial charge in [-0.2, -0.15) is 10.2 Å². The van der Waals surface area contributed by atoms with Crippen molar-refractivity contribution in [3.05, 3.63) is 111 Å². The van der Waals surface area contributed by atoms with Crippen LogP contribution in [0.1, 0.15) is 32.1 Å². The minimum absolute atomic E-state index is 0.172. The number of para-hydroxylation sites is 1. The molecule has 2 N–H and O–H groups in total. The number of aryl methyl sites for hydroxylation is 1. The zero-order valence-corrected chi connectivity index (χ0v) is 22.2. The number of carbonyl (C=O) groups excluding carboxylic acids is 2. The number of hydrazone groups is 1. The fourth-order valence-corrected chi connectivity index (χ4v) is 4.41. The highest BCUT2D eigenvalue weighted by Gasteiger charge is 2.21. The van der Waals surface area contributed by atoms with Crippen LogP contribution in [0.25, 0.3) is 16.7 Å². The lowest BCUT2D eigenvalue weighted by Gasteiger charge is -2.13. The van der Waals surface area contributed by atoms with Gasteiger partial charge < -0.3 is 5.32 Å². The molecule has 0 spiro atoms. The molecule has 5 rings (SSSR count). The van der Waals surface area contributed by atoms with Crippen LogP contribution in [0.4, 0.5) is 5.69 Å². The molecule has 2 amide bonds. The van der Waals surface area contributed by atoms with Gasteiger partial charge in [-0.1, -0.05) is 48.0 Å². The van der Waals surface area contributed by atoms with E-state index < -0.39 is 11.8 Å². The molecule has 0 atom stereocenters. The summed E-state index contributed by atoms with van der Waals surface area (Å²) >= 11 is 9.57. The second-order valence-corrected chi connectivity index (χ2v) is 9.37. The van der Waals surface area contributed by atoms with E-state index in [9.17, 15) is 9.59 Å². The standard InChI is InChI=1S/C27H19BrClN7O2/c1-16-6-4-10-21(33-26(37)22-14-23(28)35-36(22)25-19(29)8-5-13-30-25)24(16)27(38)34-31-15-18-12-11-17-7-2-3-9-20(17)32-18/h2-15H,1H3,(H,33,37)(H,34,38)/b31-15+. The molecule has 0 aliphatic carbocycles. The Kier molecular flexibility index (Phi) is 7.25. The maximum Gasteiger partial charge on any atom is 0.274 e. The van der Waals surface area contributed by atoms with Gasteiger partial charge in [-0.3, -0.25) is 9.59 Å². The maximum atomic E-state index is 13.3. The Bertz CT molecular complexity index is 1720. The fourth-order valence-electron chi connectivity index (χ4n) is 3.83. The summed E-state index contributed by atoms with van der Waals surface area (Å²) in [5.74, 6) is -0.699. The summed E-state index contributed by atoms with van der Waals surface area (Å²) in [5, 5.41) is 12.5. The van der Waals surface area contributed by atoms with E-state index in [0.29, 0.717) is 32.4 Å². The Morgan fingerprint density at radius 3 is 2.71 bits per heavy atom. The van der Waals surface area contributed by atoms with E-state index in [1.54, 1.807) is 43.5 Å². The summed E-state index contributed by atoms with van der Waals surface area (Å²) in [5.41, 5.74) is 5.34. The van der Waals surface area contributed by atoms with Crippen molar-refractivity contribution >= 4 is 62.2 Å². The molecule has 0 saturated heterocycles. The second kappa shape index (κ2) is 10.9. The zero-order valence-electron chi connectivity index (χ0n) is 19.9. The van der Waals surface area contributed by atoms with E-state index in [2.05, 4.69) is 46.8 Å². The van der Waals surface area contributed by atoms with E-state index in [4.69, 9.17) is 11.6 Å². The molecule has 0 unspecified atom stereocenters. The number of nitrogens with one attached hydrogen (secondary N) is 2. The molecule has 38 heavy (non-hydrogen) atoms. The quantitative estimate of drug-likeness (QED) is 0.199. The Labute approximate surface area is 230 Å². The maximum absolute atomic E-state index is 13.3. The minimum Gasteiger partial charge on any atom is -0.320 e. The summed E-state index contributed by atoms with van der Waals surface area (Å²) in [6.07, 6.45) is 3.02. The second-order valence-electron chi connectivity index (χ2n) is 8.15. The van der Waals surface area contributed by atoms with Gasteiger partial charge in [0.1, 0.15) is 10.3 Å². The van der Waals surface area contributed by atoms with Crippen LogP contribution in [0, 0.1) is 6.92 Å². The molecular weight excluding hydrogens is 570 g/mol. The number of anilines is 1. The van der Waals surface area contributed by atoms with E-state index in [-0.39, 0.29) is 11.3 Å². The van der Waals surface area contributed by atoms with Gasteiger partial charge in [-0.25, -0.2) is 20.1 Å². The van der Waals surface area contributed by atoms with Gasteiger partial charge in [0.25, 0.3) is 11.8 Å². The monoisotopic (exact) mass is 587 g/mol. The van der Waals surface area contributed by atoms with Gasteiger partial charge >= 0.3 is 0 Å². The summed E-state index contributed by atoms with van der Waals surface area (Å²) in [6.45, 7) is 1.77. The molecule has 2 aromatic carbocycles. The van der Waals surface area contributed by atoms with Crippen molar-refractivity contribution in [3.63, 3.8) is 0 Å². The Hall–Kier alpha value is -4.41. The number of aromatic nitrogens is 4. The normalized spacial score (nSPS) is 11.1. The van der Waals surface area contributed by atoms with Gasteiger partial charge in [0.2, 0.25) is 0 Å². The van der Waals surface area contributed by atoms with Crippen LogP contribution in [-0.2, 0) is 0 Å². The number of nitrogens with zero attached hydrogens (tertiary/aromatic N) is 5. The topological polar surface area (TPSA) is 114 Å². The van der Waals surface area contributed by atoms with Crippen molar-refractivity contribution < 1.29 is 9.59 Å². The molecular formula is C27H19BrClN7O2. The van der Waals surface area contributed by atoms with Crippen molar-refractivity contribution in [2.45, 2.75) is 6.92 Å². The van der Waals surface area contributed by atoms with E-state index >= 15 is 0 Å². The fraction of sp³-hybridized carbons (Fsp3) is 0.0370. The van der Waals surface area contributed by atoms with Crippen LogP contribution in [-0.4, -0.2) is 37.8 Å². The molecule has 0 radical (unpaired) electrons. The lowest BCUT2D eigenvalue weighted by Crippen LogP contribution is -2.23. The minimum atomic E-state index is -0.506. The summed E-state index contributed by atoms with van der Waals surface area (Å²) < 4.78 is 1.75. The SMILES string of the molecule is Cc1cccc(NC(=O)c2cc(Br)nn2-c2ncccc2Cl)c1C(=O)N/N=C/c1ccc2ccccc2n1. The predicted molar refractivity (Wildman–Crippen MR) is 150 cm³/mol. The van der Waals surface area contributed by atoms with Gasteiger partial charge in [0.05, 0.1) is 33.7 Å². The first-order chi connectivity index (χ1) is 18.4. The van der Waals surface area contributed by atoms with Gasteiger partial charge in [-0.15, -0.1) is 0 Å². The van der Waals surface area contributed by atoms with E-state index in [1.807, 2.05) is 36.4 Å². The number of rotatable bonds is 6. The third-order valence-corrected chi connectivity index (χ3v) is 6.27. The number of pyridine rings is 2. The van der Waals surface area contributed by atoms with Crippen molar-refractivity contribution in [2.24, 2.45) is 5.10 Å². The molecule has 0 saturated carbocycles. The number of carbonyl (C=O) groups is 2. The van der Waals surface area contributed by atoms with Gasteiger partial charge in [0, 0.05) is 17.6 Å². The number of benzene rings is 2. The Morgan fingerprint density at radius 1 is 1.03 bits per heavy atom. The van der Waals surface area contributed by atoms with Crippen LogP contribution in [0.15, 0.2) is 88.7 Å². The molecule has 0 bridgehead atoms. The first-order valence-corrected chi connectivity index (χ1v) is 12.5. The highest BCUT2D eigenvalue weighted by molar-refractivity contribution is 9.10. The van der Waals surface area contributed by atoms with Gasteiger partial charge in [0.15, 0.2) is 5.82 Å². The average Bonchev–Trinajstić information content (AvgIpc) is 3.30. The first kappa shape index (κ1) is 25.2. The number of fused-ring (bicyclic) bond motifs is 1. The molecule has 5 aromatic rings. The van der Waals surface area contributed by atoms with Crippen LogP contribution in [0.2, 0.25) is 5.02 Å². The molecule has 9 nitrogen and oxygen atoms in total. The third-order valence-electron chi connectivity index (χ3n) is 5.58. The van der Waals surface area contributed by atoms with E-state index in [0.717, 1.165) is 10.9 Å². The van der Waals surface area contributed by atoms with Crippen molar-refractivity contribution in [3.8, 4) is 5.82 Å². The number of hydrogen-bond acceptors (Lipinski definition) is 6. The van der Waals surface area contributed by atoms with Crippen molar-refractivity contribution in [1.29, 1.82) is 0 Å². The molecule has 0 fully saturated rings. The Balaban J connectivity index is 1.37. The lowest BCUT2D eigenvalue weighted by molar-refractivity contribution is 0.0955. The summed E-state index contributed by atoms with van der Waals surface area (Å²) in [7, 11) is 0. The van der Waals surface area contributed by atoms with Crippen LogP contribution >= 0.6 is 27.5 Å². The smallest absolute Gasteiger partial charge is 0.274 e. The Morgan fingerprint density at radius 2 is 1.87 bits per heavy atom. The van der Waals surface area contributed by atoms with Crippen LogP contribution in [0.5, 0.6) is 0 Å². The van der Waals surface area contributed by atoms with Crippen molar-refractivity contribution in [2.75, 3.05) is 5.32 Å². The third kappa shape index (κ3) is 5.31. The predicted octanol–water partition coefficient (Wildman–Crippen LogP) is 5.56.